The van der Waals surface area contributed by atoms with E-state index < -0.39 is 11.9 Å². The first-order valence-electron chi connectivity index (χ1n) is 8.60. The van der Waals surface area contributed by atoms with Crippen molar-refractivity contribution < 1.29 is 14.6 Å². The van der Waals surface area contributed by atoms with E-state index in [1.54, 1.807) is 0 Å². The summed E-state index contributed by atoms with van der Waals surface area (Å²) in [5, 5.41) is 9.87. The molecule has 2 aliphatic heterocycles. The number of aryl methyl sites for hydroxylation is 1. The topological polar surface area (TPSA) is 49.8 Å². The number of carbonyl (C=O) groups is 1. The highest BCUT2D eigenvalue weighted by Gasteiger charge is 2.35. The van der Waals surface area contributed by atoms with Crippen molar-refractivity contribution in [3.63, 3.8) is 0 Å². The Morgan fingerprint density at radius 2 is 1.96 bits per heavy atom. The van der Waals surface area contributed by atoms with Gasteiger partial charge in [0.05, 0.1) is 0 Å². The lowest BCUT2D eigenvalue weighted by molar-refractivity contribution is -0.137. The summed E-state index contributed by atoms with van der Waals surface area (Å²) < 4.78 is 6.11. The molecule has 1 atom stereocenters. The zero-order valence-corrected chi connectivity index (χ0v) is 13.8. The van der Waals surface area contributed by atoms with Gasteiger partial charge in [0.1, 0.15) is 17.4 Å². The summed E-state index contributed by atoms with van der Waals surface area (Å²) in [6.07, 6.45) is 3.21. The minimum atomic E-state index is -0.823. The van der Waals surface area contributed by atoms with Crippen LogP contribution in [-0.4, -0.2) is 24.2 Å². The Morgan fingerprint density at radius 3 is 2.67 bits per heavy atom. The van der Waals surface area contributed by atoms with Gasteiger partial charge in [-0.25, -0.2) is 0 Å². The molecule has 1 fully saturated rings. The van der Waals surface area contributed by atoms with Crippen LogP contribution < -0.4 is 9.64 Å². The van der Waals surface area contributed by atoms with Gasteiger partial charge in [0, 0.05) is 36.0 Å². The van der Waals surface area contributed by atoms with Gasteiger partial charge in [-0.3, -0.25) is 4.79 Å². The Bertz CT molecular complexity index is 793. The fourth-order valence-corrected chi connectivity index (χ4v) is 3.87. The number of anilines is 1. The van der Waals surface area contributed by atoms with Gasteiger partial charge in [0.15, 0.2) is 0 Å². The molecule has 1 unspecified atom stereocenters. The summed E-state index contributed by atoms with van der Waals surface area (Å²) in [4.78, 5) is 14.4. The lowest BCUT2D eigenvalue weighted by Crippen LogP contribution is -2.22. The smallest absolute Gasteiger partial charge is 0.315 e. The maximum Gasteiger partial charge on any atom is 0.315 e. The molecule has 124 valence electrons. The van der Waals surface area contributed by atoms with Gasteiger partial charge < -0.3 is 14.7 Å². The summed E-state index contributed by atoms with van der Waals surface area (Å²) in [6, 6.07) is 11.6. The van der Waals surface area contributed by atoms with Crippen LogP contribution in [-0.2, 0) is 11.2 Å². The second-order valence-electron chi connectivity index (χ2n) is 6.48. The first-order chi connectivity index (χ1) is 11.7. The van der Waals surface area contributed by atoms with E-state index in [9.17, 15) is 9.90 Å². The maximum atomic E-state index is 12.0. The summed E-state index contributed by atoms with van der Waals surface area (Å²) in [5.74, 6) is -0.136. The van der Waals surface area contributed by atoms with E-state index in [1.165, 1.54) is 12.8 Å². The molecule has 0 spiro atoms. The zero-order chi connectivity index (χ0) is 16.7. The van der Waals surface area contributed by atoms with Gasteiger partial charge in [0.2, 0.25) is 0 Å². The van der Waals surface area contributed by atoms with Crippen LogP contribution in [0.5, 0.6) is 11.5 Å². The molecule has 0 saturated carbocycles. The number of hydrogen-bond acceptors (Lipinski definition) is 3. The molecular formula is C20H21NO3. The molecule has 2 heterocycles. The molecule has 4 nitrogen and oxygen atoms in total. The van der Waals surface area contributed by atoms with Crippen molar-refractivity contribution in [3.8, 4) is 11.5 Å². The molecule has 0 amide bonds. The SMILES string of the molecule is CCc1cc(N2CCCC2)cc2c1C(C(=O)O)c1ccccc1O2. The second kappa shape index (κ2) is 5.86. The number of benzene rings is 2. The zero-order valence-electron chi connectivity index (χ0n) is 13.8. The van der Waals surface area contributed by atoms with E-state index in [4.69, 9.17) is 4.74 Å². The molecule has 1 saturated heterocycles. The van der Waals surface area contributed by atoms with Crippen LogP contribution in [0.2, 0.25) is 0 Å². The van der Waals surface area contributed by atoms with Crippen LogP contribution in [0.25, 0.3) is 0 Å². The molecule has 1 N–H and O–H groups in total. The average Bonchev–Trinajstić information content (AvgIpc) is 3.13. The molecule has 24 heavy (non-hydrogen) atoms. The van der Waals surface area contributed by atoms with Crippen LogP contribution in [0, 0.1) is 0 Å². The van der Waals surface area contributed by atoms with Crippen molar-refractivity contribution in [2.24, 2.45) is 0 Å². The van der Waals surface area contributed by atoms with E-state index in [1.807, 2.05) is 30.3 Å². The summed E-state index contributed by atoms with van der Waals surface area (Å²) in [6.45, 7) is 4.19. The minimum absolute atomic E-state index is 0.651. The predicted octanol–water partition coefficient (Wildman–Crippen LogP) is 4.17. The first-order valence-corrected chi connectivity index (χ1v) is 8.60. The number of para-hydroxylation sites is 1. The highest BCUT2D eigenvalue weighted by atomic mass is 16.5. The predicted molar refractivity (Wildman–Crippen MR) is 93.3 cm³/mol. The summed E-state index contributed by atoms with van der Waals surface area (Å²) in [7, 11) is 0. The van der Waals surface area contributed by atoms with Crippen molar-refractivity contribution in [1.82, 2.24) is 0 Å². The Labute approximate surface area is 141 Å². The van der Waals surface area contributed by atoms with Crippen molar-refractivity contribution >= 4 is 11.7 Å². The van der Waals surface area contributed by atoms with Gasteiger partial charge in [-0.05, 0) is 37.0 Å². The molecule has 0 radical (unpaired) electrons. The van der Waals surface area contributed by atoms with Gasteiger partial charge >= 0.3 is 5.97 Å². The van der Waals surface area contributed by atoms with E-state index in [2.05, 4.69) is 17.9 Å². The third kappa shape index (κ3) is 2.33. The quantitative estimate of drug-likeness (QED) is 0.921. The number of carboxylic acid groups (broad SMARTS) is 1. The third-order valence-electron chi connectivity index (χ3n) is 5.05. The molecule has 2 aromatic rings. The molecule has 0 bridgehead atoms. The monoisotopic (exact) mass is 323 g/mol. The number of carboxylic acids is 1. The van der Waals surface area contributed by atoms with Crippen LogP contribution >= 0.6 is 0 Å². The third-order valence-corrected chi connectivity index (χ3v) is 5.05. The van der Waals surface area contributed by atoms with Crippen LogP contribution in [0.1, 0.15) is 42.4 Å². The number of ether oxygens (including phenoxy) is 1. The van der Waals surface area contributed by atoms with E-state index in [0.29, 0.717) is 11.5 Å². The van der Waals surface area contributed by atoms with Gasteiger partial charge in [-0.15, -0.1) is 0 Å². The van der Waals surface area contributed by atoms with Crippen molar-refractivity contribution in [2.75, 3.05) is 18.0 Å². The molecule has 4 heteroatoms. The molecule has 0 aromatic heterocycles. The van der Waals surface area contributed by atoms with E-state index in [0.717, 1.165) is 41.9 Å². The maximum absolute atomic E-state index is 12.0. The van der Waals surface area contributed by atoms with Gasteiger partial charge in [0.25, 0.3) is 0 Å². The summed E-state index contributed by atoms with van der Waals surface area (Å²) >= 11 is 0. The number of nitrogens with zero attached hydrogens (tertiary/aromatic N) is 1. The highest BCUT2D eigenvalue weighted by Crippen LogP contribution is 2.47. The average molecular weight is 323 g/mol. The van der Waals surface area contributed by atoms with Gasteiger partial charge in [-0.1, -0.05) is 25.1 Å². The fourth-order valence-electron chi connectivity index (χ4n) is 3.87. The Morgan fingerprint density at radius 1 is 1.21 bits per heavy atom. The lowest BCUT2D eigenvalue weighted by atomic mass is 9.84. The number of hydrogen-bond donors (Lipinski definition) is 1. The fraction of sp³-hybridized carbons (Fsp3) is 0.350. The summed E-state index contributed by atoms with van der Waals surface area (Å²) in [5.41, 5.74) is 3.76. The van der Waals surface area contributed by atoms with Crippen LogP contribution in [0.4, 0.5) is 5.69 Å². The molecule has 2 aliphatic rings. The Kier molecular flexibility index (Phi) is 3.68. The molecule has 4 rings (SSSR count). The molecule has 0 aliphatic carbocycles. The van der Waals surface area contributed by atoms with Crippen molar-refractivity contribution in [1.29, 1.82) is 0 Å². The van der Waals surface area contributed by atoms with E-state index in [-0.39, 0.29) is 0 Å². The Hall–Kier alpha value is -2.49. The van der Waals surface area contributed by atoms with Gasteiger partial charge in [-0.2, -0.15) is 0 Å². The van der Waals surface area contributed by atoms with Crippen LogP contribution in [0.3, 0.4) is 0 Å². The largest absolute Gasteiger partial charge is 0.481 e. The lowest BCUT2D eigenvalue weighted by Gasteiger charge is -2.30. The number of fused-ring (bicyclic) bond motifs is 2. The normalized spacial score (nSPS) is 18.7. The Balaban J connectivity index is 1.89. The second-order valence-corrected chi connectivity index (χ2v) is 6.48. The standard InChI is InChI=1S/C20H21NO3/c1-2-13-11-14(21-9-5-6-10-21)12-17-18(13)19(20(22)23)15-7-3-4-8-16(15)24-17/h3-4,7-8,11-12,19H,2,5-6,9-10H2,1H3,(H,22,23). The number of rotatable bonds is 3. The first kappa shape index (κ1) is 15.1. The van der Waals surface area contributed by atoms with E-state index >= 15 is 0 Å². The highest BCUT2D eigenvalue weighted by molar-refractivity contribution is 5.85. The van der Waals surface area contributed by atoms with Crippen molar-refractivity contribution in [3.05, 3.63) is 53.1 Å². The number of aliphatic carboxylic acids is 1. The minimum Gasteiger partial charge on any atom is -0.481 e. The van der Waals surface area contributed by atoms with Crippen LogP contribution in [0.15, 0.2) is 36.4 Å². The molecule has 2 aromatic carbocycles. The molecular weight excluding hydrogens is 302 g/mol. The van der Waals surface area contributed by atoms with Crippen molar-refractivity contribution in [2.45, 2.75) is 32.1 Å².